The minimum Gasteiger partial charge on any atom is -0.447 e. The van der Waals surface area contributed by atoms with Crippen LogP contribution in [-0.4, -0.2) is 31.5 Å². The van der Waals surface area contributed by atoms with E-state index < -0.39 is 6.09 Å². The molecule has 0 fully saturated rings. The van der Waals surface area contributed by atoms with E-state index in [0.29, 0.717) is 0 Å². The fraction of sp³-hybridized carbons (Fsp3) is 0.300. The summed E-state index contributed by atoms with van der Waals surface area (Å²) in [5, 5.41) is 8.47. The van der Waals surface area contributed by atoms with Crippen molar-refractivity contribution in [1.82, 2.24) is 0 Å². The first-order chi connectivity index (χ1) is 6.75. The Balaban J connectivity index is 2.57. The summed E-state index contributed by atoms with van der Waals surface area (Å²) in [6, 6.07) is 9.16. The fourth-order valence-electron chi connectivity index (χ4n) is 0.987. The van der Waals surface area contributed by atoms with Gasteiger partial charge in [-0.15, -0.1) is 0 Å². The molecule has 0 bridgehead atoms. The van der Waals surface area contributed by atoms with Crippen LogP contribution in [0.15, 0.2) is 30.3 Å². The summed E-state index contributed by atoms with van der Waals surface area (Å²) in [5.74, 6) is 0. The van der Waals surface area contributed by atoms with Crippen molar-refractivity contribution in [3.05, 3.63) is 30.3 Å². The average molecular weight is 195 g/mol. The Kier molecular flexibility index (Phi) is 3.94. The molecule has 76 valence electrons. The highest BCUT2D eigenvalue weighted by atomic mass is 16.6. The molecule has 0 aliphatic carbocycles. The van der Waals surface area contributed by atoms with Gasteiger partial charge in [-0.3, -0.25) is 4.90 Å². The second-order valence-electron chi connectivity index (χ2n) is 2.73. The van der Waals surface area contributed by atoms with Gasteiger partial charge in [-0.05, 0) is 12.1 Å². The number of hydrogen-bond donors (Lipinski definition) is 1. The molecule has 1 aromatic rings. The Labute approximate surface area is 82.7 Å². The molecule has 0 unspecified atom stereocenters. The summed E-state index contributed by atoms with van der Waals surface area (Å²) in [4.78, 5) is 12.7. The fourth-order valence-corrected chi connectivity index (χ4v) is 0.987. The predicted molar refractivity (Wildman–Crippen MR) is 53.3 cm³/mol. The SMILES string of the molecule is CN(C(=O)OCCO)c1ccccc1. The van der Waals surface area contributed by atoms with Gasteiger partial charge in [-0.2, -0.15) is 0 Å². The van der Waals surface area contributed by atoms with Gasteiger partial charge >= 0.3 is 6.09 Å². The van der Waals surface area contributed by atoms with Gasteiger partial charge in [0.1, 0.15) is 6.61 Å². The lowest BCUT2D eigenvalue weighted by atomic mass is 10.3. The van der Waals surface area contributed by atoms with Crippen LogP contribution in [0.2, 0.25) is 0 Å². The van der Waals surface area contributed by atoms with E-state index in [-0.39, 0.29) is 13.2 Å². The monoisotopic (exact) mass is 195 g/mol. The standard InChI is InChI=1S/C10H13NO3/c1-11(10(13)14-8-7-12)9-5-3-2-4-6-9/h2-6,12H,7-8H2,1H3. The van der Waals surface area contributed by atoms with E-state index in [2.05, 4.69) is 0 Å². The van der Waals surface area contributed by atoms with Gasteiger partial charge in [0.2, 0.25) is 0 Å². The number of aliphatic hydroxyl groups excluding tert-OH is 1. The number of benzene rings is 1. The van der Waals surface area contributed by atoms with Crippen molar-refractivity contribution in [3.63, 3.8) is 0 Å². The van der Waals surface area contributed by atoms with Crippen molar-refractivity contribution in [3.8, 4) is 0 Å². The van der Waals surface area contributed by atoms with Crippen molar-refractivity contribution in [2.45, 2.75) is 0 Å². The Hall–Kier alpha value is -1.55. The molecule has 1 amide bonds. The molecular formula is C10H13NO3. The van der Waals surface area contributed by atoms with E-state index in [1.165, 1.54) is 4.90 Å². The van der Waals surface area contributed by atoms with Crippen LogP contribution in [0.3, 0.4) is 0 Å². The van der Waals surface area contributed by atoms with Crippen LogP contribution in [-0.2, 0) is 4.74 Å². The first kappa shape index (κ1) is 10.5. The second kappa shape index (κ2) is 5.24. The van der Waals surface area contributed by atoms with Crippen molar-refractivity contribution >= 4 is 11.8 Å². The number of nitrogens with zero attached hydrogens (tertiary/aromatic N) is 1. The molecule has 0 aliphatic rings. The number of carbonyl (C=O) groups excluding carboxylic acids is 1. The largest absolute Gasteiger partial charge is 0.447 e. The van der Waals surface area contributed by atoms with Crippen LogP contribution in [0.25, 0.3) is 0 Å². The lowest BCUT2D eigenvalue weighted by Crippen LogP contribution is -2.27. The van der Waals surface area contributed by atoms with E-state index >= 15 is 0 Å². The van der Waals surface area contributed by atoms with Crippen molar-refractivity contribution in [2.75, 3.05) is 25.2 Å². The lowest BCUT2D eigenvalue weighted by Gasteiger charge is -2.16. The van der Waals surface area contributed by atoms with Gasteiger partial charge in [0.05, 0.1) is 6.61 Å². The maximum absolute atomic E-state index is 11.3. The first-order valence-corrected chi connectivity index (χ1v) is 4.32. The van der Waals surface area contributed by atoms with Gasteiger partial charge in [0.15, 0.2) is 0 Å². The molecule has 4 nitrogen and oxygen atoms in total. The number of anilines is 1. The molecule has 0 heterocycles. The number of aliphatic hydroxyl groups is 1. The highest BCUT2D eigenvalue weighted by Crippen LogP contribution is 2.11. The van der Waals surface area contributed by atoms with E-state index in [0.717, 1.165) is 5.69 Å². The zero-order chi connectivity index (χ0) is 10.4. The molecule has 0 aromatic heterocycles. The van der Waals surface area contributed by atoms with Crippen LogP contribution in [0, 0.1) is 0 Å². The maximum Gasteiger partial charge on any atom is 0.414 e. The molecule has 0 atom stereocenters. The molecule has 4 heteroatoms. The number of amides is 1. The Morgan fingerprint density at radius 1 is 1.43 bits per heavy atom. The molecule has 0 saturated heterocycles. The van der Waals surface area contributed by atoms with Crippen LogP contribution in [0.5, 0.6) is 0 Å². The molecule has 1 aromatic carbocycles. The van der Waals surface area contributed by atoms with Crippen LogP contribution < -0.4 is 4.90 Å². The zero-order valence-corrected chi connectivity index (χ0v) is 8.01. The molecule has 0 aliphatic heterocycles. The van der Waals surface area contributed by atoms with E-state index in [9.17, 15) is 4.79 Å². The quantitative estimate of drug-likeness (QED) is 0.789. The van der Waals surface area contributed by atoms with Gasteiger partial charge in [-0.25, -0.2) is 4.79 Å². The third-order valence-electron chi connectivity index (χ3n) is 1.73. The minimum absolute atomic E-state index is 0.0238. The molecule has 0 saturated carbocycles. The van der Waals surface area contributed by atoms with Gasteiger partial charge in [-0.1, -0.05) is 18.2 Å². The smallest absolute Gasteiger partial charge is 0.414 e. The average Bonchev–Trinajstić information content (AvgIpc) is 2.26. The summed E-state index contributed by atoms with van der Waals surface area (Å²) >= 11 is 0. The third kappa shape index (κ3) is 2.74. The van der Waals surface area contributed by atoms with E-state index in [4.69, 9.17) is 9.84 Å². The minimum atomic E-state index is -0.467. The lowest BCUT2D eigenvalue weighted by molar-refractivity contribution is 0.126. The van der Waals surface area contributed by atoms with E-state index in [1.54, 1.807) is 19.2 Å². The molecule has 1 rings (SSSR count). The second-order valence-corrected chi connectivity index (χ2v) is 2.73. The van der Waals surface area contributed by atoms with Crippen LogP contribution >= 0.6 is 0 Å². The van der Waals surface area contributed by atoms with Gasteiger partial charge in [0, 0.05) is 12.7 Å². The highest BCUT2D eigenvalue weighted by Gasteiger charge is 2.10. The molecule has 0 spiro atoms. The van der Waals surface area contributed by atoms with Crippen LogP contribution in [0.1, 0.15) is 0 Å². The van der Waals surface area contributed by atoms with Crippen molar-refractivity contribution < 1.29 is 14.6 Å². The Morgan fingerprint density at radius 2 is 2.07 bits per heavy atom. The van der Waals surface area contributed by atoms with Crippen molar-refractivity contribution in [2.24, 2.45) is 0 Å². The molecule has 0 radical (unpaired) electrons. The third-order valence-corrected chi connectivity index (χ3v) is 1.73. The Bertz CT molecular complexity index is 287. The molecule has 14 heavy (non-hydrogen) atoms. The summed E-state index contributed by atoms with van der Waals surface area (Å²) < 4.78 is 4.74. The normalized spacial score (nSPS) is 9.57. The van der Waals surface area contributed by atoms with Crippen molar-refractivity contribution in [1.29, 1.82) is 0 Å². The number of carbonyl (C=O) groups is 1. The topological polar surface area (TPSA) is 49.8 Å². The molecule has 1 N–H and O–H groups in total. The predicted octanol–water partition coefficient (Wildman–Crippen LogP) is 1.25. The van der Waals surface area contributed by atoms with E-state index in [1.807, 2.05) is 18.2 Å². The maximum atomic E-state index is 11.3. The first-order valence-electron chi connectivity index (χ1n) is 4.32. The summed E-state index contributed by atoms with van der Waals surface area (Å²) in [5.41, 5.74) is 0.760. The van der Waals surface area contributed by atoms with Crippen LogP contribution in [0.4, 0.5) is 10.5 Å². The summed E-state index contributed by atoms with van der Waals surface area (Å²) in [6.07, 6.45) is -0.467. The van der Waals surface area contributed by atoms with Gasteiger partial charge in [0.25, 0.3) is 0 Å². The Morgan fingerprint density at radius 3 is 2.64 bits per heavy atom. The number of rotatable bonds is 3. The van der Waals surface area contributed by atoms with Gasteiger partial charge < -0.3 is 9.84 Å². The molecular weight excluding hydrogens is 182 g/mol. The number of hydrogen-bond acceptors (Lipinski definition) is 3. The number of ether oxygens (including phenoxy) is 1. The number of para-hydroxylation sites is 1. The zero-order valence-electron chi connectivity index (χ0n) is 8.01. The summed E-state index contributed by atoms with van der Waals surface area (Å²) in [6.45, 7) is -0.135. The highest BCUT2D eigenvalue weighted by molar-refractivity contribution is 5.86. The summed E-state index contributed by atoms with van der Waals surface area (Å²) in [7, 11) is 1.62.